The Morgan fingerprint density at radius 2 is 2.00 bits per heavy atom. The highest BCUT2D eigenvalue weighted by Gasteiger charge is 2.13. The molecule has 0 amide bonds. The molecule has 4 N–H and O–H groups in total. The molecule has 1 aromatic carbocycles. The Kier molecular flexibility index (Phi) is 8.69. The minimum absolute atomic E-state index is 0.134. The van der Waals surface area contributed by atoms with E-state index in [1.807, 2.05) is 18.2 Å². The quantitative estimate of drug-likeness (QED) is 0.503. The van der Waals surface area contributed by atoms with Crippen molar-refractivity contribution in [2.75, 3.05) is 24.3 Å². The first-order valence-corrected chi connectivity index (χ1v) is 9.39. The SMILES string of the molecule is CCCCC(CCO)Nc1nc(N)ncc1OCCCc1ccccc1. The average molecular weight is 358 g/mol. The Balaban J connectivity index is 1.92. The molecule has 1 unspecified atom stereocenters. The van der Waals surface area contributed by atoms with Crippen molar-refractivity contribution in [1.82, 2.24) is 9.97 Å². The van der Waals surface area contributed by atoms with Gasteiger partial charge in [-0.25, -0.2) is 4.98 Å². The number of benzene rings is 1. The summed E-state index contributed by atoms with van der Waals surface area (Å²) in [7, 11) is 0. The summed E-state index contributed by atoms with van der Waals surface area (Å²) in [5.74, 6) is 1.42. The van der Waals surface area contributed by atoms with Gasteiger partial charge in [0, 0.05) is 12.6 Å². The Bertz CT molecular complexity index is 637. The highest BCUT2D eigenvalue weighted by molar-refractivity contribution is 5.51. The average Bonchev–Trinajstić information content (AvgIpc) is 2.65. The summed E-state index contributed by atoms with van der Waals surface area (Å²) in [5, 5.41) is 12.7. The summed E-state index contributed by atoms with van der Waals surface area (Å²) < 4.78 is 5.89. The molecular weight excluding hydrogens is 328 g/mol. The van der Waals surface area contributed by atoms with Crippen LogP contribution < -0.4 is 15.8 Å². The maximum atomic E-state index is 9.29. The van der Waals surface area contributed by atoms with Gasteiger partial charge >= 0.3 is 0 Å². The van der Waals surface area contributed by atoms with E-state index in [-0.39, 0.29) is 18.6 Å². The molecule has 0 saturated carbocycles. The second-order valence-electron chi connectivity index (χ2n) is 6.37. The summed E-state index contributed by atoms with van der Waals surface area (Å²) in [4.78, 5) is 8.33. The van der Waals surface area contributed by atoms with Crippen molar-refractivity contribution >= 4 is 11.8 Å². The van der Waals surface area contributed by atoms with Crippen LogP contribution in [0.5, 0.6) is 5.75 Å². The van der Waals surface area contributed by atoms with Gasteiger partial charge in [-0.1, -0.05) is 50.1 Å². The molecule has 0 radical (unpaired) electrons. The molecule has 6 nitrogen and oxygen atoms in total. The molecule has 1 aromatic heterocycles. The van der Waals surface area contributed by atoms with Gasteiger partial charge in [0.1, 0.15) is 0 Å². The lowest BCUT2D eigenvalue weighted by atomic mass is 10.1. The number of nitrogens with two attached hydrogens (primary N) is 1. The predicted molar refractivity (Wildman–Crippen MR) is 105 cm³/mol. The van der Waals surface area contributed by atoms with E-state index in [9.17, 15) is 5.11 Å². The van der Waals surface area contributed by atoms with Crippen LogP contribution in [0.25, 0.3) is 0 Å². The highest BCUT2D eigenvalue weighted by Crippen LogP contribution is 2.24. The van der Waals surface area contributed by atoms with Crippen LogP contribution in [0.15, 0.2) is 36.5 Å². The molecule has 142 valence electrons. The summed E-state index contributed by atoms with van der Waals surface area (Å²) in [6.45, 7) is 2.87. The maximum absolute atomic E-state index is 9.29. The van der Waals surface area contributed by atoms with Gasteiger partial charge in [-0.3, -0.25) is 0 Å². The largest absolute Gasteiger partial charge is 0.488 e. The third-order valence-electron chi connectivity index (χ3n) is 4.21. The van der Waals surface area contributed by atoms with Gasteiger partial charge in [-0.15, -0.1) is 0 Å². The molecule has 2 aromatic rings. The van der Waals surface area contributed by atoms with Gasteiger partial charge in [0.15, 0.2) is 11.6 Å². The Hall–Kier alpha value is -2.34. The van der Waals surface area contributed by atoms with Gasteiger partial charge in [-0.2, -0.15) is 4.98 Å². The minimum atomic E-state index is 0.134. The van der Waals surface area contributed by atoms with E-state index in [1.54, 1.807) is 6.20 Å². The first-order chi connectivity index (χ1) is 12.7. The fraction of sp³-hybridized carbons (Fsp3) is 0.500. The fourth-order valence-corrected chi connectivity index (χ4v) is 2.78. The molecule has 1 atom stereocenters. The number of anilines is 2. The van der Waals surface area contributed by atoms with Crippen LogP contribution in [-0.4, -0.2) is 34.3 Å². The molecule has 0 fully saturated rings. The van der Waals surface area contributed by atoms with Crippen LogP contribution in [0.3, 0.4) is 0 Å². The first-order valence-electron chi connectivity index (χ1n) is 9.39. The predicted octanol–water partition coefficient (Wildman–Crippen LogP) is 3.42. The Morgan fingerprint density at radius 3 is 2.73 bits per heavy atom. The monoisotopic (exact) mass is 358 g/mol. The molecule has 0 aliphatic carbocycles. The van der Waals surface area contributed by atoms with E-state index < -0.39 is 0 Å². The third kappa shape index (κ3) is 6.88. The summed E-state index contributed by atoms with van der Waals surface area (Å²) in [6, 6.07) is 10.5. The van der Waals surface area contributed by atoms with Gasteiger partial charge in [0.2, 0.25) is 5.95 Å². The van der Waals surface area contributed by atoms with Crippen LogP contribution in [0.2, 0.25) is 0 Å². The van der Waals surface area contributed by atoms with Crippen molar-refractivity contribution < 1.29 is 9.84 Å². The van der Waals surface area contributed by atoms with E-state index >= 15 is 0 Å². The summed E-state index contributed by atoms with van der Waals surface area (Å²) in [6.07, 6.45) is 7.31. The number of hydrogen-bond acceptors (Lipinski definition) is 6. The fourth-order valence-electron chi connectivity index (χ4n) is 2.78. The molecule has 0 spiro atoms. The van der Waals surface area contributed by atoms with E-state index in [0.29, 0.717) is 24.6 Å². The number of aliphatic hydroxyl groups is 1. The standard InChI is InChI=1S/C20H30N4O2/c1-2-3-11-17(12-13-25)23-19-18(15-22-20(21)24-19)26-14-7-10-16-8-5-4-6-9-16/h4-6,8-9,15,17,25H,2-3,7,10-14H2,1H3,(H3,21,22,23,24). The molecule has 0 aliphatic heterocycles. The first kappa shape index (κ1) is 20.0. The minimum Gasteiger partial charge on any atom is -0.488 e. The van der Waals surface area contributed by atoms with Crippen LogP contribution >= 0.6 is 0 Å². The topological polar surface area (TPSA) is 93.3 Å². The second-order valence-corrected chi connectivity index (χ2v) is 6.37. The zero-order chi connectivity index (χ0) is 18.6. The lowest BCUT2D eigenvalue weighted by Crippen LogP contribution is -2.22. The smallest absolute Gasteiger partial charge is 0.222 e. The molecule has 0 saturated heterocycles. The van der Waals surface area contributed by atoms with Crippen LogP contribution in [0.1, 0.15) is 44.6 Å². The van der Waals surface area contributed by atoms with Crippen molar-refractivity contribution in [2.45, 2.75) is 51.5 Å². The molecular formula is C20H30N4O2. The lowest BCUT2D eigenvalue weighted by molar-refractivity contribution is 0.275. The van der Waals surface area contributed by atoms with Crippen molar-refractivity contribution in [3.63, 3.8) is 0 Å². The third-order valence-corrected chi connectivity index (χ3v) is 4.21. The number of nitrogens with zero attached hydrogens (tertiary/aromatic N) is 2. The zero-order valence-corrected chi connectivity index (χ0v) is 15.5. The number of aromatic nitrogens is 2. The van der Waals surface area contributed by atoms with Gasteiger partial charge in [0.25, 0.3) is 0 Å². The molecule has 0 aliphatic rings. The van der Waals surface area contributed by atoms with Gasteiger partial charge in [-0.05, 0) is 31.2 Å². The Morgan fingerprint density at radius 1 is 1.19 bits per heavy atom. The van der Waals surface area contributed by atoms with E-state index in [1.165, 1.54) is 5.56 Å². The summed E-state index contributed by atoms with van der Waals surface area (Å²) in [5.41, 5.74) is 7.04. The van der Waals surface area contributed by atoms with Gasteiger partial charge < -0.3 is 20.9 Å². The number of unbranched alkanes of at least 4 members (excludes halogenated alkanes) is 1. The van der Waals surface area contributed by atoms with Crippen molar-refractivity contribution in [3.8, 4) is 5.75 Å². The lowest BCUT2D eigenvalue weighted by Gasteiger charge is -2.20. The van der Waals surface area contributed by atoms with Crippen LogP contribution in [0, 0.1) is 0 Å². The normalized spacial score (nSPS) is 11.9. The van der Waals surface area contributed by atoms with Crippen LogP contribution in [0.4, 0.5) is 11.8 Å². The van der Waals surface area contributed by atoms with E-state index in [2.05, 4.69) is 34.3 Å². The summed E-state index contributed by atoms with van der Waals surface area (Å²) >= 11 is 0. The molecule has 0 bridgehead atoms. The molecule has 1 heterocycles. The van der Waals surface area contributed by atoms with E-state index in [4.69, 9.17) is 10.5 Å². The number of aryl methyl sites for hydroxylation is 1. The number of nitrogens with one attached hydrogen (secondary N) is 1. The molecule has 6 heteroatoms. The molecule has 2 rings (SSSR count). The maximum Gasteiger partial charge on any atom is 0.222 e. The number of rotatable bonds is 12. The number of nitrogen functional groups attached to an aromatic ring is 1. The van der Waals surface area contributed by atoms with Crippen molar-refractivity contribution in [1.29, 1.82) is 0 Å². The zero-order valence-electron chi connectivity index (χ0n) is 15.5. The highest BCUT2D eigenvalue weighted by atomic mass is 16.5. The Labute approximate surface area is 155 Å². The second kappa shape index (κ2) is 11.3. The van der Waals surface area contributed by atoms with Gasteiger partial charge in [0.05, 0.1) is 12.8 Å². The van der Waals surface area contributed by atoms with E-state index in [0.717, 1.165) is 32.1 Å². The van der Waals surface area contributed by atoms with Crippen molar-refractivity contribution in [2.24, 2.45) is 0 Å². The number of hydrogen-bond donors (Lipinski definition) is 3. The number of aliphatic hydroxyl groups excluding tert-OH is 1. The number of ether oxygens (including phenoxy) is 1. The molecule has 26 heavy (non-hydrogen) atoms. The van der Waals surface area contributed by atoms with Crippen LogP contribution in [-0.2, 0) is 6.42 Å². The van der Waals surface area contributed by atoms with Crippen molar-refractivity contribution in [3.05, 3.63) is 42.1 Å².